The van der Waals surface area contributed by atoms with E-state index in [1.165, 1.54) is 122 Å². The Labute approximate surface area is 361 Å². The first-order valence-corrected chi connectivity index (χ1v) is 24.3. The number of benzene rings is 4. The standard InChI is InChI=1S/C52H75ClN2O4/c1-5-9-13-17-21-25-31-56-47-36-41-42-37-48(57-32-26-22-18-14-10-6-2)50(59-34-28-24-20-16-12-8-4)39-44(42)52-51(54-45-30-29-40(53)35-46(45)55-52)43(41)38-49(47)58-33-27-23-19-15-11-7-3/h29-30,35-39H,5-28,31-34H2,1-4H3. The fourth-order valence-corrected chi connectivity index (χ4v) is 8.24. The zero-order valence-corrected chi connectivity index (χ0v) is 38.0. The number of hydrogen-bond donors (Lipinski definition) is 0. The maximum atomic E-state index is 6.65. The normalized spacial score (nSPS) is 11.7. The Morgan fingerprint density at radius 3 is 1.02 bits per heavy atom. The smallest absolute Gasteiger partial charge is 0.161 e. The molecule has 0 aliphatic heterocycles. The summed E-state index contributed by atoms with van der Waals surface area (Å²) in [4.78, 5) is 10.6. The second-order valence-corrected chi connectivity index (χ2v) is 17.1. The van der Waals surface area contributed by atoms with Gasteiger partial charge < -0.3 is 18.9 Å². The Kier molecular flexibility index (Phi) is 21.0. The summed E-state index contributed by atoms with van der Waals surface area (Å²) in [6.07, 6.45) is 29.0. The van der Waals surface area contributed by atoms with Gasteiger partial charge in [-0.2, -0.15) is 0 Å². The second kappa shape index (κ2) is 26.6. The SMILES string of the molecule is CCCCCCCCOc1cc2c3cc(OCCCCCCCC)c(OCCCCCCCC)cc3c3nc4cc(Cl)ccc4nc3c2cc1OCCCCCCCC. The van der Waals surface area contributed by atoms with E-state index in [9.17, 15) is 0 Å². The minimum Gasteiger partial charge on any atom is -0.490 e. The van der Waals surface area contributed by atoms with E-state index in [-0.39, 0.29) is 0 Å². The average molecular weight is 828 g/mol. The van der Waals surface area contributed by atoms with Gasteiger partial charge in [0.05, 0.1) is 48.5 Å². The van der Waals surface area contributed by atoms with Gasteiger partial charge in [0.2, 0.25) is 0 Å². The van der Waals surface area contributed by atoms with E-state index >= 15 is 0 Å². The van der Waals surface area contributed by atoms with Gasteiger partial charge >= 0.3 is 0 Å². The van der Waals surface area contributed by atoms with Crippen LogP contribution in [0.2, 0.25) is 5.02 Å². The Morgan fingerprint density at radius 1 is 0.356 bits per heavy atom. The number of rotatable bonds is 32. The molecule has 0 saturated heterocycles. The van der Waals surface area contributed by atoms with Crippen LogP contribution in [0.15, 0.2) is 42.5 Å². The van der Waals surface area contributed by atoms with Crippen molar-refractivity contribution in [1.29, 1.82) is 0 Å². The molecule has 0 radical (unpaired) electrons. The molecule has 5 aromatic rings. The van der Waals surface area contributed by atoms with Crippen LogP contribution in [0.3, 0.4) is 0 Å². The first-order valence-electron chi connectivity index (χ1n) is 23.9. The van der Waals surface area contributed by atoms with E-state index in [0.717, 1.165) is 98.7 Å². The molecule has 0 bridgehead atoms. The van der Waals surface area contributed by atoms with Gasteiger partial charge in [-0.15, -0.1) is 0 Å². The van der Waals surface area contributed by atoms with Crippen molar-refractivity contribution in [3.8, 4) is 23.0 Å². The lowest BCUT2D eigenvalue weighted by atomic mass is 9.97. The van der Waals surface area contributed by atoms with Gasteiger partial charge in [-0.25, -0.2) is 9.97 Å². The Bertz CT molecular complexity index is 1980. The minimum absolute atomic E-state index is 0.641. The molecular weight excluding hydrogens is 752 g/mol. The molecule has 1 aromatic heterocycles. The number of unbranched alkanes of at least 4 members (excludes halogenated alkanes) is 20. The van der Waals surface area contributed by atoms with Gasteiger partial charge in [-0.05, 0) is 78.9 Å². The number of nitrogens with zero attached hydrogens (tertiary/aromatic N) is 2. The molecule has 0 atom stereocenters. The van der Waals surface area contributed by atoms with Crippen LogP contribution >= 0.6 is 11.6 Å². The van der Waals surface area contributed by atoms with Crippen molar-refractivity contribution >= 4 is 55.2 Å². The Balaban J connectivity index is 1.57. The highest BCUT2D eigenvalue weighted by molar-refractivity contribution is 6.31. The second-order valence-electron chi connectivity index (χ2n) is 16.7. The highest BCUT2D eigenvalue weighted by atomic mass is 35.5. The van der Waals surface area contributed by atoms with Gasteiger partial charge in [0, 0.05) is 15.8 Å². The number of aromatic nitrogens is 2. The molecule has 0 fully saturated rings. The molecule has 59 heavy (non-hydrogen) atoms. The van der Waals surface area contributed by atoms with Crippen LogP contribution in [-0.4, -0.2) is 36.4 Å². The predicted octanol–water partition coefficient (Wildman–Crippen LogP) is 16.7. The molecule has 0 spiro atoms. The van der Waals surface area contributed by atoms with Crippen LogP contribution in [-0.2, 0) is 0 Å². The summed E-state index contributed by atoms with van der Waals surface area (Å²) in [6.45, 7) is 11.7. The predicted molar refractivity (Wildman–Crippen MR) is 253 cm³/mol. The van der Waals surface area contributed by atoms with Gasteiger partial charge in [0.1, 0.15) is 0 Å². The molecular formula is C52H75ClN2O4. The number of hydrogen-bond acceptors (Lipinski definition) is 6. The third-order valence-electron chi connectivity index (χ3n) is 11.6. The summed E-state index contributed by atoms with van der Waals surface area (Å²) >= 11 is 6.52. The molecule has 0 N–H and O–H groups in total. The van der Waals surface area contributed by atoms with Crippen LogP contribution in [0.25, 0.3) is 43.6 Å². The van der Waals surface area contributed by atoms with Crippen LogP contribution in [0, 0.1) is 0 Å². The summed E-state index contributed by atoms with van der Waals surface area (Å²) in [6, 6.07) is 14.4. The molecule has 1 heterocycles. The van der Waals surface area contributed by atoms with Gasteiger partial charge in [0.25, 0.3) is 0 Å². The fraction of sp³-hybridized carbons (Fsp3) is 0.615. The molecule has 6 nitrogen and oxygen atoms in total. The average Bonchev–Trinajstić information content (AvgIpc) is 3.24. The van der Waals surface area contributed by atoms with Crippen molar-refractivity contribution in [2.24, 2.45) is 0 Å². The Morgan fingerprint density at radius 2 is 0.661 bits per heavy atom. The molecule has 0 unspecified atom stereocenters. The zero-order chi connectivity index (χ0) is 41.5. The lowest BCUT2D eigenvalue weighted by molar-refractivity contribution is 0.259. The zero-order valence-electron chi connectivity index (χ0n) is 37.2. The van der Waals surface area contributed by atoms with Crippen LogP contribution in [0.1, 0.15) is 182 Å². The maximum absolute atomic E-state index is 6.65. The monoisotopic (exact) mass is 827 g/mol. The van der Waals surface area contributed by atoms with Crippen molar-refractivity contribution in [2.75, 3.05) is 26.4 Å². The lowest BCUT2D eigenvalue weighted by Crippen LogP contribution is -2.04. The molecule has 0 aliphatic carbocycles. The fourth-order valence-electron chi connectivity index (χ4n) is 8.07. The lowest BCUT2D eigenvalue weighted by Gasteiger charge is -2.19. The largest absolute Gasteiger partial charge is 0.490 e. The van der Waals surface area contributed by atoms with Gasteiger partial charge in [-0.3, -0.25) is 0 Å². The molecule has 324 valence electrons. The van der Waals surface area contributed by atoms with Crippen LogP contribution in [0.4, 0.5) is 0 Å². The van der Waals surface area contributed by atoms with Crippen molar-refractivity contribution in [1.82, 2.24) is 9.97 Å². The summed E-state index contributed by atoms with van der Waals surface area (Å²) in [5.74, 6) is 3.11. The van der Waals surface area contributed by atoms with Crippen molar-refractivity contribution in [3.63, 3.8) is 0 Å². The quantitative estimate of drug-likeness (QED) is 0.0244. The van der Waals surface area contributed by atoms with Gasteiger partial charge in [-0.1, -0.05) is 168 Å². The van der Waals surface area contributed by atoms with Crippen LogP contribution < -0.4 is 18.9 Å². The topological polar surface area (TPSA) is 62.7 Å². The summed E-state index contributed by atoms with van der Waals surface area (Å²) in [5, 5.41) is 4.70. The summed E-state index contributed by atoms with van der Waals surface area (Å²) in [7, 11) is 0. The number of ether oxygens (including phenoxy) is 4. The van der Waals surface area contributed by atoms with E-state index in [4.69, 9.17) is 40.5 Å². The molecule has 7 heteroatoms. The van der Waals surface area contributed by atoms with Crippen molar-refractivity contribution < 1.29 is 18.9 Å². The van der Waals surface area contributed by atoms with Gasteiger partial charge in [0.15, 0.2) is 23.0 Å². The molecule has 0 amide bonds. The van der Waals surface area contributed by atoms with E-state index < -0.39 is 0 Å². The molecule has 4 aromatic carbocycles. The third-order valence-corrected chi connectivity index (χ3v) is 11.9. The molecule has 0 aliphatic rings. The first-order chi connectivity index (χ1) is 29.1. The highest BCUT2D eigenvalue weighted by Gasteiger charge is 2.20. The van der Waals surface area contributed by atoms with E-state index in [1.54, 1.807) is 0 Å². The van der Waals surface area contributed by atoms with E-state index in [1.807, 2.05) is 18.2 Å². The van der Waals surface area contributed by atoms with Crippen molar-refractivity contribution in [2.45, 2.75) is 182 Å². The summed E-state index contributed by atoms with van der Waals surface area (Å²) in [5.41, 5.74) is 3.22. The minimum atomic E-state index is 0.641. The Hall–Kier alpha value is -3.51. The van der Waals surface area contributed by atoms with E-state index in [0.29, 0.717) is 31.5 Å². The third kappa shape index (κ3) is 14.6. The molecule has 5 rings (SSSR count). The van der Waals surface area contributed by atoms with Crippen molar-refractivity contribution in [3.05, 3.63) is 47.5 Å². The first kappa shape index (κ1) is 46.6. The number of fused-ring (bicyclic) bond motifs is 7. The number of halogens is 1. The summed E-state index contributed by atoms with van der Waals surface area (Å²) < 4.78 is 26.5. The van der Waals surface area contributed by atoms with Crippen LogP contribution in [0.5, 0.6) is 23.0 Å². The highest BCUT2D eigenvalue weighted by Crippen LogP contribution is 2.44. The van der Waals surface area contributed by atoms with E-state index in [2.05, 4.69) is 52.0 Å². The maximum Gasteiger partial charge on any atom is 0.161 e. The molecule has 0 saturated carbocycles.